The standard InChI is InChI=1S/C14H14ClN7OS2/c1-3-12-17-18-13(25-12)16-11(23)7-24-14-19-20-21-22(14)9-5-4-8(2)10(15)6-9/h4-6H,3,7H2,1-2H3,(H,16,18,23). The van der Waals surface area contributed by atoms with Crippen LogP contribution >= 0.6 is 34.7 Å². The van der Waals surface area contributed by atoms with Crippen molar-refractivity contribution in [2.45, 2.75) is 25.4 Å². The van der Waals surface area contributed by atoms with Crippen LogP contribution in [0.5, 0.6) is 0 Å². The number of aryl methyl sites for hydroxylation is 2. The van der Waals surface area contributed by atoms with Crippen LogP contribution in [0.2, 0.25) is 5.02 Å². The number of anilines is 1. The molecule has 25 heavy (non-hydrogen) atoms. The lowest BCUT2D eigenvalue weighted by Gasteiger charge is -2.06. The zero-order valence-corrected chi connectivity index (χ0v) is 15.8. The molecule has 0 aliphatic rings. The molecular weight excluding hydrogens is 382 g/mol. The second-order valence-electron chi connectivity index (χ2n) is 5.00. The third-order valence-corrected chi connectivity index (χ3v) is 5.50. The van der Waals surface area contributed by atoms with Gasteiger partial charge in [-0.25, -0.2) is 0 Å². The first-order chi connectivity index (χ1) is 12.1. The highest BCUT2D eigenvalue weighted by Gasteiger charge is 2.13. The number of hydrogen-bond donors (Lipinski definition) is 1. The summed E-state index contributed by atoms with van der Waals surface area (Å²) < 4.78 is 1.55. The summed E-state index contributed by atoms with van der Waals surface area (Å²) in [6, 6.07) is 5.54. The summed E-state index contributed by atoms with van der Waals surface area (Å²) in [6.07, 6.45) is 0.788. The van der Waals surface area contributed by atoms with Gasteiger partial charge in [0.2, 0.25) is 16.2 Å². The minimum atomic E-state index is -0.194. The molecule has 3 rings (SSSR count). The molecule has 0 aliphatic heterocycles. The Kier molecular flexibility index (Phi) is 5.61. The average molecular weight is 396 g/mol. The Balaban J connectivity index is 1.65. The number of carbonyl (C=O) groups is 1. The Morgan fingerprint density at radius 1 is 1.36 bits per heavy atom. The van der Waals surface area contributed by atoms with Crippen LogP contribution in [0.25, 0.3) is 5.69 Å². The number of carbonyl (C=O) groups excluding carboxylic acids is 1. The van der Waals surface area contributed by atoms with Gasteiger partial charge in [0.05, 0.1) is 11.4 Å². The maximum atomic E-state index is 12.1. The molecule has 0 aliphatic carbocycles. The topological polar surface area (TPSA) is 98.5 Å². The Labute approximate surface area is 157 Å². The predicted octanol–water partition coefficient (Wildman–Crippen LogP) is 2.77. The van der Waals surface area contributed by atoms with E-state index in [0.29, 0.717) is 15.3 Å². The summed E-state index contributed by atoms with van der Waals surface area (Å²) >= 11 is 8.74. The SMILES string of the molecule is CCc1nnc(NC(=O)CSc2nnnn2-c2ccc(C)c(Cl)c2)s1. The van der Waals surface area contributed by atoms with Gasteiger partial charge < -0.3 is 0 Å². The van der Waals surface area contributed by atoms with Crippen LogP contribution in [0.15, 0.2) is 23.4 Å². The molecule has 2 aromatic heterocycles. The molecule has 0 atom stereocenters. The van der Waals surface area contributed by atoms with E-state index in [1.807, 2.05) is 26.0 Å². The third kappa shape index (κ3) is 4.33. The molecule has 8 nitrogen and oxygen atoms in total. The molecule has 0 fully saturated rings. The Bertz CT molecular complexity index is 895. The van der Waals surface area contributed by atoms with Crippen molar-refractivity contribution in [1.82, 2.24) is 30.4 Å². The van der Waals surface area contributed by atoms with Gasteiger partial charge in [0.15, 0.2) is 0 Å². The van der Waals surface area contributed by atoms with Crippen LogP contribution in [0.1, 0.15) is 17.5 Å². The number of benzene rings is 1. The summed E-state index contributed by atoms with van der Waals surface area (Å²) in [4.78, 5) is 12.1. The highest BCUT2D eigenvalue weighted by Crippen LogP contribution is 2.23. The van der Waals surface area contributed by atoms with E-state index in [4.69, 9.17) is 11.6 Å². The fourth-order valence-electron chi connectivity index (χ4n) is 1.88. The fraction of sp³-hybridized carbons (Fsp3) is 0.286. The first-order valence-corrected chi connectivity index (χ1v) is 9.54. The number of hydrogen-bond acceptors (Lipinski definition) is 8. The van der Waals surface area contributed by atoms with Crippen LogP contribution < -0.4 is 5.32 Å². The van der Waals surface area contributed by atoms with Crippen LogP contribution in [0, 0.1) is 6.92 Å². The molecule has 0 radical (unpaired) electrons. The van der Waals surface area contributed by atoms with Gasteiger partial charge in [-0.3, -0.25) is 10.1 Å². The number of amides is 1. The Morgan fingerprint density at radius 2 is 2.20 bits per heavy atom. The van der Waals surface area contributed by atoms with Crippen molar-refractivity contribution >= 4 is 45.7 Å². The molecule has 130 valence electrons. The van der Waals surface area contributed by atoms with Crippen molar-refractivity contribution in [3.05, 3.63) is 33.8 Å². The van der Waals surface area contributed by atoms with Gasteiger partial charge in [0.1, 0.15) is 5.01 Å². The van der Waals surface area contributed by atoms with Crippen molar-refractivity contribution in [3.8, 4) is 5.69 Å². The van der Waals surface area contributed by atoms with Crippen LogP contribution in [0.3, 0.4) is 0 Å². The first-order valence-electron chi connectivity index (χ1n) is 7.36. The Hall–Kier alpha value is -2.04. The van der Waals surface area contributed by atoms with Crippen LogP contribution in [-0.4, -0.2) is 42.1 Å². The molecule has 0 unspecified atom stereocenters. The second kappa shape index (κ2) is 7.89. The number of nitrogens with one attached hydrogen (secondary N) is 1. The van der Waals surface area contributed by atoms with Gasteiger partial charge in [-0.1, -0.05) is 47.7 Å². The lowest BCUT2D eigenvalue weighted by Crippen LogP contribution is -2.14. The Morgan fingerprint density at radius 3 is 2.92 bits per heavy atom. The smallest absolute Gasteiger partial charge is 0.236 e. The van der Waals surface area contributed by atoms with E-state index >= 15 is 0 Å². The molecule has 3 aromatic rings. The van der Waals surface area contributed by atoms with E-state index in [0.717, 1.165) is 22.7 Å². The maximum absolute atomic E-state index is 12.1. The molecule has 11 heteroatoms. The van der Waals surface area contributed by atoms with Gasteiger partial charge in [-0.05, 0) is 41.5 Å². The van der Waals surface area contributed by atoms with Crippen molar-refractivity contribution < 1.29 is 4.79 Å². The summed E-state index contributed by atoms with van der Waals surface area (Å²) in [5, 5.41) is 24.7. The lowest BCUT2D eigenvalue weighted by atomic mass is 10.2. The highest BCUT2D eigenvalue weighted by molar-refractivity contribution is 7.99. The minimum absolute atomic E-state index is 0.154. The quantitative estimate of drug-likeness (QED) is 0.640. The van der Waals surface area contributed by atoms with Gasteiger partial charge in [0, 0.05) is 5.02 Å². The predicted molar refractivity (Wildman–Crippen MR) is 97.5 cm³/mol. The van der Waals surface area contributed by atoms with E-state index < -0.39 is 0 Å². The minimum Gasteiger partial charge on any atom is -0.300 e. The number of halogens is 1. The molecule has 0 saturated carbocycles. The van der Waals surface area contributed by atoms with Gasteiger partial charge >= 0.3 is 0 Å². The molecular formula is C14H14ClN7OS2. The van der Waals surface area contributed by atoms with Crippen molar-refractivity contribution in [2.75, 3.05) is 11.1 Å². The molecule has 2 heterocycles. The molecule has 1 N–H and O–H groups in total. The number of tetrazole rings is 1. The zero-order valence-electron chi connectivity index (χ0n) is 13.4. The first kappa shape index (κ1) is 17.8. The fourth-order valence-corrected chi connectivity index (χ4v) is 3.44. The molecule has 0 spiro atoms. The summed E-state index contributed by atoms with van der Waals surface area (Å²) in [7, 11) is 0. The average Bonchev–Trinajstić information content (AvgIpc) is 3.24. The van der Waals surface area contributed by atoms with Gasteiger partial charge in [0.25, 0.3) is 0 Å². The van der Waals surface area contributed by atoms with Gasteiger partial charge in [-0.15, -0.1) is 15.3 Å². The maximum Gasteiger partial charge on any atom is 0.236 e. The van der Waals surface area contributed by atoms with Crippen LogP contribution in [0.4, 0.5) is 5.13 Å². The number of nitrogens with zero attached hydrogens (tertiary/aromatic N) is 6. The van der Waals surface area contributed by atoms with Gasteiger partial charge in [-0.2, -0.15) is 4.68 Å². The van der Waals surface area contributed by atoms with Crippen molar-refractivity contribution in [3.63, 3.8) is 0 Å². The van der Waals surface area contributed by atoms with Crippen LogP contribution in [-0.2, 0) is 11.2 Å². The summed E-state index contributed by atoms with van der Waals surface area (Å²) in [6.45, 7) is 3.91. The van der Waals surface area contributed by atoms with E-state index in [1.54, 1.807) is 10.7 Å². The molecule has 1 amide bonds. The number of rotatable bonds is 6. The van der Waals surface area contributed by atoms with E-state index in [-0.39, 0.29) is 11.7 Å². The second-order valence-corrected chi connectivity index (χ2v) is 7.41. The van der Waals surface area contributed by atoms with E-state index in [2.05, 4.69) is 31.0 Å². The summed E-state index contributed by atoms with van der Waals surface area (Å²) in [5.74, 6) is -0.0404. The molecule has 1 aromatic carbocycles. The number of thioether (sulfide) groups is 1. The van der Waals surface area contributed by atoms with Crippen molar-refractivity contribution in [1.29, 1.82) is 0 Å². The largest absolute Gasteiger partial charge is 0.300 e. The molecule has 0 saturated heterocycles. The monoisotopic (exact) mass is 395 g/mol. The van der Waals surface area contributed by atoms with Crippen molar-refractivity contribution in [2.24, 2.45) is 0 Å². The highest BCUT2D eigenvalue weighted by atomic mass is 35.5. The third-order valence-electron chi connectivity index (χ3n) is 3.19. The lowest BCUT2D eigenvalue weighted by molar-refractivity contribution is -0.113. The van der Waals surface area contributed by atoms with E-state index in [1.165, 1.54) is 23.1 Å². The summed E-state index contributed by atoms with van der Waals surface area (Å²) in [5.41, 5.74) is 1.70. The normalized spacial score (nSPS) is 10.8. The number of aromatic nitrogens is 6. The molecule has 0 bridgehead atoms. The van der Waals surface area contributed by atoms with E-state index in [9.17, 15) is 4.79 Å². The zero-order chi connectivity index (χ0) is 17.8.